The predicted molar refractivity (Wildman–Crippen MR) is 121 cm³/mol. The van der Waals surface area contributed by atoms with Crippen molar-refractivity contribution in [3.8, 4) is 0 Å². The summed E-state index contributed by atoms with van der Waals surface area (Å²) < 4.78 is 50.7. The lowest BCUT2D eigenvalue weighted by Gasteiger charge is -2.16. The van der Waals surface area contributed by atoms with Gasteiger partial charge in [0.1, 0.15) is 12.2 Å². The Bertz CT molecular complexity index is 1320. The van der Waals surface area contributed by atoms with Crippen LogP contribution in [0.1, 0.15) is 5.69 Å². The Morgan fingerprint density at radius 1 is 1.25 bits per heavy atom. The first-order valence-corrected chi connectivity index (χ1v) is 13.9. The molecule has 0 radical (unpaired) electrons. The maximum absolute atomic E-state index is 13.5. The van der Waals surface area contributed by atoms with Gasteiger partial charge in [0.05, 0.1) is 29.0 Å². The zero-order valence-corrected chi connectivity index (χ0v) is 19.6. The highest BCUT2D eigenvalue weighted by Crippen LogP contribution is 2.40. The van der Waals surface area contributed by atoms with Gasteiger partial charge in [0.15, 0.2) is 11.6 Å². The molecule has 32 heavy (non-hydrogen) atoms. The zero-order chi connectivity index (χ0) is 23.1. The summed E-state index contributed by atoms with van der Waals surface area (Å²) in [6.07, 6.45) is 1.38. The largest absolute Gasteiger partial charge is 0.338 e. The number of hydrogen-bond acceptors (Lipinski definition) is 9. The average molecular weight is 500 g/mol. The van der Waals surface area contributed by atoms with E-state index >= 15 is 0 Å². The fourth-order valence-electron chi connectivity index (χ4n) is 3.23. The van der Waals surface area contributed by atoms with Crippen molar-refractivity contribution in [1.82, 2.24) is 25.1 Å². The van der Waals surface area contributed by atoms with Crippen molar-refractivity contribution in [2.75, 3.05) is 30.5 Å². The molecule has 10 nitrogen and oxygen atoms in total. The van der Waals surface area contributed by atoms with Crippen molar-refractivity contribution in [1.29, 1.82) is 0 Å². The zero-order valence-electron chi connectivity index (χ0n) is 17.1. The number of benzene rings is 1. The Morgan fingerprint density at radius 2 is 2.03 bits per heavy atom. The Kier molecular flexibility index (Phi) is 5.97. The first-order chi connectivity index (χ1) is 15.0. The van der Waals surface area contributed by atoms with Gasteiger partial charge >= 0.3 is 10.2 Å². The standard InChI is InChI=1S/C18H20ClFN7O3PS/c1-31(2,28)15-8-12(32(20,29)30)3-4-14(15)23-17-13(19)10-22-18(25-17)24-16-7-11-9-21-5-6-27(11)26-16/h3-4,7-8,10,21H,5-6,9H2,1-2H3,(H2,22,23,24,25,26). The molecule has 0 saturated heterocycles. The van der Waals surface area contributed by atoms with Gasteiger partial charge in [-0.15, -0.1) is 3.89 Å². The van der Waals surface area contributed by atoms with Gasteiger partial charge in [-0.25, -0.2) is 4.98 Å². The molecule has 3 heterocycles. The molecule has 1 aliphatic heterocycles. The van der Waals surface area contributed by atoms with Crippen LogP contribution in [0, 0.1) is 0 Å². The summed E-state index contributed by atoms with van der Waals surface area (Å²) in [6, 6.07) is 5.34. The highest BCUT2D eigenvalue weighted by Gasteiger charge is 2.22. The van der Waals surface area contributed by atoms with Gasteiger partial charge in [-0.05, 0) is 31.5 Å². The van der Waals surface area contributed by atoms with Crippen molar-refractivity contribution < 1.29 is 16.9 Å². The number of nitrogens with zero attached hydrogens (tertiary/aromatic N) is 4. The Morgan fingerprint density at radius 3 is 2.72 bits per heavy atom. The fourth-order valence-corrected chi connectivity index (χ4v) is 5.10. The minimum Gasteiger partial charge on any atom is -0.338 e. The maximum Gasteiger partial charge on any atom is 0.332 e. The molecule has 3 N–H and O–H groups in total. The lowest BCUT2D eigenvalue weighted by molar-refractivity contribution is 0.476. The van der Waals surface area contributed by atoms with E-state index in [1.807, 2.05) is 10.7 Å². The molecule has 0 bridgehead atoms. The predicted octanol–water partition coefficient (Wildman–Crippen LogP) is 2.82. The van der Waals surface area contributed by atoms with Gasteiger partial charge in [-0.1, -0.05) is 11.6 Å². The SMILES string of the molecule is CP(C)(=O)c1cc(S(=O)(=O)F)ccc1Nc1nc(Nc2cc3n(n2)CCNC3)ncc1Cl. The quantitative estimate of drug-likeness (QED) is 0.346. The Balaban J connectivity index is 1.65. The molecule has 1 aromatic carbocycles. The number of rotatable bonds is 6. The van der Waals surface area contributed by atoms with Gasteiger partial charge in [0.25, 0.3) is 0 Å². The summed E-state index contributed by atoms with van der Waals surface area (Å²) in [7, 11) is -7.94. The smallest absolute Gasteiger partial charge is 0.332 e. The molecule has 1 aliphatic rings. The molecule has 3 aromatic rings. The second kappa shape index (κ2) is 8.43. The van der Waals surface area contributed by atoms with Crippen LogP contribution in [0.15, 0.2) is 35.4 Å². The van der Waals surface area contributed by atoms with Gasteiger partial charge in [-0.3, -0.25) is 4.68 Å². The van der Waals surface area contributed by atoms with E-state index in [1.54, 1.807) is 0 Å². The van der Waals surface area contributed by atoms with Crippen molar-refractivity contribution in [3.05, 3.63) is 41.2 Å². The minimum atomic E-state index is -4.95. The van der Waals surface area contributed by atoms with Crippen molar-refractivity contribution in [3.63, 3.8) is 0 Å². The average Bonchev–Trinajstić information content (AvgIpc) is 3.11. The van der Waals surface area contributed by atoms with Gasteiger partial charge in [0, 0.05) is 24.5 Å². The second-order valence-electron chi connectivity index (χ2n) is 7.53. The third kappa shape index (κ3) is 4.93. The molecule has 14 heteroatoms. The van der Waals surface area contributed by atoms with E-state index in [9.17, 15) is 16.9 Å². The number of halogens is 2. The normalized spacial score (nSPS) is 14.1. The first-order valence-electron chi connectivity index (χ1n) is 9.49. The van der Waals surface area contributed by atoms with Crippen LogP contribution < -0.4 is 21.3 Å². The Hall–Kier alpha value is -2.53. The number of aromatic nitrogens is 4. The monoisotopic (exact) mass is 499 g/mol. The van der Waals surface area contributed by atoms with E-state index in [4.69, 9.17) is 11.6 Å². The molecular formula is C18H20ClFN7O3PS. The lowest BCUT2D eigenvalue weighted by Crippen LogP contribution is -2.28. The lowest BCUT2D eigenvalue weighted by atomic mass is 10.3. The van der Waals surface area contributed by atoms with Crippen LogP contribution in [0.3, 0.4) is 0 Å². The molecule has 170 valence electrons. The second-order valence-corrected chi connectivity index (χ2v) is 12.5. The van der Waals surface area contributed by atoms with E-state index in [-0.39, 0.29) is 22.1 Å². The van der Waals surface area contributed by atoms with E-state index in [1.165, 1.54) is 25.6 Å². The molecule has 0 unspecified atom stereocenters. The summed E-state index contributed by atoms with van der Waals surface area (Å²) >= 11 is 6.23. The van der Waals surface area contributed by atoms with Crippen LogP contribution in [0.5, 0.6) is 0 Å². The minimum absolute atomic E-state index is 0.148. The van der Waals surface area contributed by atoms with Crippen LogP contribution in [0.25, 0.3) is 0 Å². The number of nitrogens with one attached hydrogen (secondary N) is 3. The van der Waals surface area contributed by atoms with Crippen LogP contribution in [-0.4, -0.2) is 48.0 Å². The van der Waals surface area contributed by atoms with Crippen LogP contribution >= 0.6 is 18.7 Å². The van der Waals surface area contributed by atoms with Gasteiger partial charge < -0.3 is 20.5 Å². The van der Waals surface area contributed by atoms with Crippen LogP contribution in [-0.2, 0) is 27.9 Å². The van der Waals surface area contributed by atoms with Crippen LogP contribution in [0.2, 0.25) is 5.02 Å². The molecule has 0 spiro atoms. The number of anilines is 4. The highest BCUT2D eigenvalue weighted by molar-refractivity contribution is 7.86. The molecule has 0 atom stereocenters. The van der Waals surface area contributed by atoms with E-state index in [0.29, 0.717) is 18.1 Å². The topological polar surface area (TPSA) is 131 Å². The molecule has 4 rings (SSSR count). The van der Waals surface area contributed by atoms with E-state index in [2.05, 4.69) is 31.0 Å². The molecule has 0 fully saturated rings. The maximum atomic E-state index is 13.5. The summed E-state index contributed by atoms with van der Waals surface area (Å²) in [5.74, 6) is 0.989. The molecule has 2 aromatic heterocycles. The third-order valence-electron chi connectivity index (χ3n) is 4.74. The molecule has 0 saturated carbocycles. The molecular weight excluding hydrogens is 480 g/mol. The van der Waals surface area contributed by atoms with Gasteiger partial charge in [-0.2, -0.15) is 18.5 Å². The fraction of sp³-hybridized carbons (Fsp3) is 0.278. The van der Waals surface area contributed by atoms with Crippen molar-refractivity contribution in [2.24, 2.45) is 0 Å². The van der Waals surface area contributed by atoms with E-state index < -0.39 is 22.3 Å². The summed E-state index contributed by atoms with van der Waals surface area (Å²) in [5, 5.41) is 14.0. The molecule has 0 aliphatic carbocycles. The highest BCUT2D eigenvalue weighted by atomic mass is 35.5. The van der Waals surface area contributed by atoms with Crippen molar-refractivity contribution in [2.45, 2.75) is 18.0 Å². The Labute approximate surface area is 189 Å². The van der Waals surface area contributed by atoms with E-state index in [0.717, 1.165) is 30.9 Å². The summed E-state index contributed by atoms with van der Waals surface area (Å²) in [4.78, 5) is 7.94. The summed E-state index contributed by atoms with van der Waals surface area (Å²) in [6.45, 7) is 5.21. The van der Waals surface area contributed by atoms with Gasteiger partial charge in [0.2, 0.25) is 5.95 Å². The molecule has 0 amide bonds. The third-order valence-corrected chi connectivity index (χ3v) is 7.36. The number of hydrogen-bond donors (Lipinski definition) is 3. The van der Waals surface area contributed by atoms with Crippen LogP contribution in [0.4, 0.5) is 27.2 Å². The van der Waals surface area contributed by atoms with Crippen molar-refractivity contribution >= 4 is 57.5 Å². The first kappa shape index (κ1) is 22.7. The number of fused-ring (bicyclic) bond motifs is 1. The summed E-state index contributed by atoms with van der Waals surface area (Å²) in [5.41, 5.74) is 1.32.